The minimum absolute atomic E-state index is 0. The van der Waals surface area contributed by atoms with Crippen LogP contribution in [0.2, 0.25) is 5.02 Å². The number of rotatable bonds is 4. The zero-order chi connectivity index (χ0) is 16.2. The molecule has 2 saturated heterocycles. The first-order valence-corrected chi connectivity index (χ1v) is 8.52. The maximum absolute atomic E-state index is 13.7. The highest BCUT2D eigenvalue weighted by Gasteiger charge is 2.26. The van der Waals surface area contributed by atoms with Crippen LogP contribution >= 0.6 is 24.0 Å². The van der Waals surface area contributed by atoms with E-state index in [9.17, 15) is 9.18 Å². The summed E-state index contributed by atoms with van der Waals surface area (Å²) in [5.74, 6) is -0.230. The number of hydrogen-bond donors (Lipinski definition) is 2. The summed E-state index contributed by atoms with van der Waals surface area (Å²) in [4.78, 5) is 12.4. The van der Waals surface area contributed by atoms with Gasteiger partial charge in [-0.15, -0.1) is 12.4 Å². The number of aromatic nitrogens is 2. The van der Waals surface area contributed by atoms with Crippen LogP contribution in [-0.4, -0.2) is 42.4 Å². The number of hydrogen-bond acceptors (Lipinski definition) is 5. The maximum atomic E-state index is 13.7. The molecule has 6 nitrogen and oxygen atoms in total. The summed E-state index contributed by atoms with van der Waals surface area (Å²) in [6.45, 7) is 2.58. The van der Waals surface area contributed by atoms with Gasteiger partial charge in [0, 0.05) is 12.5 Å². The van der Waals surface area contributed by atoms with Crippen LogP contribution in [0.4, 0.5) is 10.1 Å². The van der Waals surface area contributed by atoms with E-state index in [1.807, 2.05) is 0 Å². The molecule has 0 aromatic carbocycles. The van der Waals surface area contributed by atoms with Gasteiger partial charge in [0.05, 0.1) is 24.5 Å². The first-order valence-electron chi connectivity index (χ1n) is 8.14. The monoisotopic (exact) mass is 380 g/mol. The van der Waals surface area contributed by atoms with Gasteiger partial charge >= 0.3 is 0 Å². The number of piperidine rings is 1. The molecule has 0 aliphatic carbocycles. The normalized spacial score (nSPS) is 25.1. The predicted octanol–water partition coefficient (Wildman–Crippen LogP) is 2.38. The van der Waals surface area contributed by atoms with Crippen molar-refractivity contribution in [3.63, 3.8) is 0 Å². The van der Waals surface area contributed by atoms with Crippen molar-refractivity contribution in [3.8, 4) is 0 Å². The predicted molar refractivity (Wildman–Crippen MR) is 94.0 cm³/mol. The van der Waals surface area contributed by atoms with Gasteiger partial charge in [-0.1, -0.05) is 11.6 Å². The lowest BCUT2D eigenvalue weighted by Gasteiger charge is -2.27. The van der Waals surface area contributed by atoms with Crippen molar-refractivity contribution in [1.82, 2.24) is 15.1 Å². The van der Waals surface area contributed by atoms with Gasteiger partial charge in [-0.05, 0) is 38.8 Å². The third-order valence-electron chi connectivity index (χ3n) is 4.52. The van der Waals surface area contributed by atoms with Crippen LogP contribution in [0, 0.1) is 5.92 Å². The molecule has 9 heteroatoms. The third kappa shape index (κ3) is 4.39. The van der Waals surface area contributed by atoms with Gasteiger partial charge in [-0.3, -0.25) is 4.79 Å². The molecule has 1 unspecified atom stereocenters. The molecule has 2 atom stereocenters. The smallest absolute Gasteiger partial charge is 0.287 e. The standard InChI is InChI=1S/C15H22ClFN4O2.ClH/c16-13-12(19-8-10-2-1-7-23-14(10)17)9-20-21(15(13)22)11-3-5-18-6-4-11;/h9-11,14,18-19H,1-8H2;1H/t10-,14?;/m0./s1. The molecule has 1 aromatic rings. The molecule has 3 rings (SSSR count). The molecule has 0 spiro atoms. The van der Waals surface area contributed by atoms with Crippen molar-refractivity contribution in [2.45, 2.75) is 38.1 Å². The Hall–Kier alpha value is -0.890. The van der Waals surface area contributed by atoms with Crippen LogP contribution in [0.1, 0.15) is 31.7 Å². The van der Waals surface area contributed by atoms with Crippen LogP contribution in [0.3, 0.4) is 0 Å². The molecule has 2 N–H and O–H groups in total. The van der Waals surface area contributed by atoms with Crippen molar-refractivity contribution >= 4 is 29.7 Å². The molecule has 0 saturated carbocycles. The van der Waals surface area contributed by atoms with Gasteiger partial charge in [0.25, 0.3) is 5.56 Å². The minimum atomic E-state index is -1.27. The number of halogens is 3. The topological polar surface area (TPSA) is 68.2 Å². The third-order valence-corrected chi connectivity index (χ3v) is 4.89. The highest BCUT2D eigenvalue weighted by atomic mass is 35.5. The molecular weight excluding hydrogens is 358 g/mol. The zero-order valence-corrected chi connectivity index (χ0v) is 14.9. The number of anilines is 1. The second-order valence-corrected chi connectivity index (χ2v) is 6.49. The lowest BCUT2D eigenvalue weighted by atomic mass is 10.0. The molecule has 1 aromatic heterocycles. The van der Waals surface area contributed by atoms with Gasteiger partial charge in [-0.25, -0.2) is 9.07 Å². The Morgan fingerprint density at radius 3 is 2.88 bits per heavy atom. The Kier molecular flexibility index (Phi) is 7.28. The molecule has 2 fully saturated rings. The van der Waals surface area contributed by atoms with E-state index in [2.05, 4.69) is 15.7 Å². The summed E-state index contributed by atoms with van der Waals surface area (Å²) in [6, 6.07) is 0.0808. The highest BCUT2D eigenvalue weighted by molar-refractivity contribution is 6.32. The molecule has 0 amide bonds. The highest BCUT2D eigenvalue weighted by Crippen LogP contribution is 2.24. The molecular formula is C15H23Cl2FN4O2. The van der Waals surface area contributed by atoms with E-state index in [0.717, 1.165) is 38.8 Å². The van der Waals surface area contributed by atoms with Crippen molar-refractivity contribution in [2.75, 3.05) is 31.6 Å². The first-order chi connectivity index (χ1) is 11.2. The van der Waals surface area contributed by atoms with Crippen molar-refractivity contribution in [1.29, 1.82) is 0 Å². The summed E-state index contributed by atoms with van der Waals surface area (Å²) in [5.41, 5.74) is 0.167. The zero-order valence-electron chi connectivity index (χ0n) is 13.3. The number of ether oxygens (including phenoxy) is 1. The quantitative estimate of drug-likeness (QED) is 0.838. The van der Waals surface area contributed by atoms with E-state index in [-0.39, 0.29) is 34.9 Å². The van der Waals surface area contributed by atoms with Crippen LogP contribution in [0.25, 0.3) is 0 Å². The summed E-state index contributed by atoms with van der Waals surface area (Å²) >= 11 is 6.20. The average molecular weight is 381 g/mol. The molecule has 2 aliphatic heterocycles. The number of nitrogens with zero attached hydrogens (tertiary/aromatic N) is 2. The molecule has 0 radical (unpaired) electrons. The van der Waals surface area contributed by atoms with Gasteiger partial charge in [0.15, 0.2) is 0 Å². The summed E-state index contributed by atoms with van der Waals surface area (Å²) in [6.07, 6.45) is 3.61. The lowest BCUT2D eigenvalue weighted by molar-refractivity contribution is -0.102. The van der Waals surface area contributed by atoms with E-state index < -0.39 is 6.36 Å². The van der Waals surface area contributed by atoms with Crippen LogP contribution < -0.4 is 16.2 Å². The summed E-state index contributed by atoms with van der Waals surface area (Å²) in [5, 5.41) is 10.7. The Morgan fingerprint density at radius 2 is 2.17 bits per heavy atom. The second-order valence-electron chi connectivity index (χ2n) is 6.11. The molecule has 2 aliphatic rings. The van der Waals surface area contributed by atoms with E-state index in [4.69, 9.17) is 16.3 Å². The van der Waals surface area contributed by atoms with Crippen molar-refractivity contribution in [2.24, 2.45) is 5.92 Å². The summed E-state index contributed by atoms with van der Waals surface area (Å²) < 4.78 is 20.1. The lowest BCUT2D eigenvalue weighted by Crippen LogP contribution is -2.36. The summed E-state index contributed by atoms with van der Waals surface area (Å²) in [7, 11) is 0. The van der Waals surface area contributed by atoms with Crippen molar-refractivity contribution in [3.05, 3.63) is 21.6 Å². The van der Waals surface area contributed by atoms with Gasteiger partial charge in [0.2, 0.25) is 6.36 Å². The maximum Gasteiger partial charge on any atom is 0.287 e. The van der Waals surface area contributed by atoms with E-state index >= 15 is 0 Å². The SMILES string of the molecule is Cl.O=c1c(Cl)c(NC[C@@H]2CCCOC2F)cnn1C1CCNCC1. The van der Waals surface area contributed by atoms with E-state index in [0.29, 0.717) is 18.8 Å². The molecule has 0 bridgehead atoms. The average Bonchev–Trinajstić information content (AvgIpc) is 2.58. The minimum Gasteiger partial charge on any atom is -0.382 e. The fraction of sp³-hybridized carbons (Fsp3) is 0.733. The number of nitrogens with one attached hydrogen (secondary N) is 2. The Morgan fingerprint density at radius 1 is 1.42 bits per heavy atom. The van der Waals surface area contributed by atoms with Crippen molar-refractivity contribution < 1.29 is 9.13 Å². The number of alkyl halides is 1. The Balaban J connectivity index is 0.00000208. The van der Waals surface area contributed by atoms with E-state index in [1.54, 1.807) is 6.20 Å². The first kappa shape index (κ1) is 19.4. The Labute approximate surface area is 151 Å². The Bertz CT molecular complexity index is 595. The van der Waals surface area contributed by atoms with Crippen LogP contribution in [-0.2, 0) is 4.74 Å². The molecule has 24 heavy (non-hydrogen) atoms. The van der Waals surface area contributed by atoms with Crippen LogP contribution in [0.15, 0.2) is 11.0 Å². The van der Waals surface area contributed by atoms with Gasteiger partial charge in [-0.2, -0.15) is 5.10 Å². The van der Waals surface area contributed by atoms with E-state index in [1.165, 1.54) is 4.68 Å². The fourth-order valence-electron chi connectivity index (χ4n) is 3.12. The van der Waals surface area contributed by atoms with Crippen LogP contribution in [0.5, 0.6) is 0 Å². The molecule has 3 heterocycles. The largest absolute Gasteiger partial charge is 0.382 e. The van der Waals surface area contributed by atoms with Gasteiger partial charge in [0.1, 0.15) is 5.02 Å². The second kappa shape index (κ2) is 8.99. The molecule has 136 valence electrons. The van der Waals surface area contributed by atoms with Gasteiger partial charge < -0.3 is 15.4 Å². The fourth-order valence-corrected chi connectivity index (χ4v) is 3.33.